The number of hydrogen-bond donors (Lipinski definition) is 2. The number of thioether (sulfide) groups is 2. The average molecular weight is 374 g/mol. The number of nitrogens with zero attached hydrogens (tertiary/aromatic N) is 1. The summed E-state index contributed by atoms with van der Waals surface area (Å²) >= 11 is 3.15. The van der Waals surface area contributed by atoms with Crippen LogP contribution in [0, 0.1) is 0 Å². The predicted octanol–water partition coefficient (Wildman–Crippen LogP) is 4.41. The van der Waals surface area contributed by atoms with Crippen molar-refractivity contribution in [2.45, 2.75) is 16.5 Å². The third-order valence-corrected chi connectivity index (χ3v) is 5.29. The Balaban J connectivity index is 1.54. The highest BCUT2D eigenvalue weighted by Gasteiger charge is 2.08. The minimum Gasteiger partial charge on any atom is -0.497 e. The molecule has 0 saturated carbocycles. The van der Waals surface area contributed by atoms with Gasteiger partial charge in [0, 0.05) is 23.1 Å². The minimum absolute atomic E-state index is 0.00628. The number of carbonyl (C=O) groups is 1. The quantitative estimate of drug-likeness (QED) is 0.600. The third-order valence-electron chi connectivity index (χ3n) is 3.62. The number of H-pyrrole nitrogens is 1. The standard InChI is InChI=1S/C18H19N3O2S2/c1-23-12-7-8-13-15(11-12)21-18(20-13)25-10-9-17(22)19-14-5-3-4-6-16(14)24-2/h3-8,11H,9-10H2,1-2H3,(H,19,22)(H,20,21). The maximum absolute atomic E-state index is 12.1. The van der Waals surface area contributed by atoms with E-state index in [1.165, 1.54) is 11.8 Å². The van der Waals surface area contributed by atoms with Crippen LogP contribution in [0.1, 0.15) is 6.42 Å². The maximum atomic E-state index is 12.1. The lowest BCUT2D eigenvalue weighted by molar-refractivity contribution is -0.115. The van der Waals surface area contributed by atoms with Crippen molar-refractivity contribution < 1.29 is 9.53 Å². The molecule has 0 fully saturated rings. The molecule has 0 spiro atoms. The van der Waals surface area contributed by atoms with E-state index in [1.807, 2.05) is 48.7 Å². The van der Waals surface area contributed by atoms with E-state index in [0.717, 1.165) is 32.5 Å². The molecule has 3 rings (SSSR count). The second kappa shape index (κ2) is 8.31. The van der Waals surface area contributed by atoms with Crippen molar-refractivity contribution in [2.24, 2.45) is 0 Å². The molecule has 0 unspecified atom stereocenters. The summed E-state index contributed by atoms with van der Waals surface area (Å²) in [5.41, 5.74) is 2.68. The van der Waals surface area contributed by atoms with E-state index in [4.69, 9.17) is 4.74 Å². The van der Waals surface area contributed by atoms with Crippen LogP contribution in [0.3, 0.4) is 0 Å². The minimum atomic E-state index is 0.00628. The highest BCUT2D eigenvalue weighted by Crippen LogP contribution is 2.26. The van der Waals surface area contributed by atoms with Gasteiger partial charge in [0.1, 0.15) is 5.75 Å². The zero-order valence-corrected chi connectivity index (χ0v) is 15.7. The van der Waals surface area contributed by atoms with E-state index < -0.39 is 0 Å². The third kappa shape index (κ3) is 4.49. The van der Waals surface area contributed by atoms with Crippen LogP contribution in [0.2, 0.25) is 0 Å². The summed E-state index contributed by atoms with van der Waals surface area (Å²) in [5.74, 6) is 1.45. The number of methoxy groups -OCH3 is 1. The summed E-state index contributed by atoms with van der Waals surface area (Å²) in [6.07, 6.45) is 2.42. The van der Waals surface area contributed by atoms with Crippen LogP contribution in [0.25, 0.3) is 11.0 Å². The molecule has 0 atom stereocenters. The number of para-hydroxylation sites is 1. The molecule has 0 aliphatic heterocycles. The first-order chi connectivity index (χ1) is 12.2. The number of aromatic nitrogens is 2. The molecular weight excluding hydrogens is 354 g/mol. The Morgan fingerprint density at radius 3 is 2.92 bits per heavy atom. The van der Waals surface area contributed by atoms with Gasteiger partial charge in [0.25, 0.3) is 0 Å². The van der Waals surface area contributed by atoms with Gasteiger partial charge in [-0.15, -0.1) is 11.8 Å². The van der Waals surface area contributed by atoms with Crippen LogP contribution in [0.5, 0.6) is 5.75 Å². The number of fused-ring (bicyclic) bond motifs is 1. The highest BCUT2D eigenvalue weighted by atomic mass is 32.2. The molecular formula is C18H19N3O2S2. The van der Waals surface area contributed by atoms with Gasteiger partial charge >= 0.3 is 0 Å². The first kappa shape index (κ1) is 17.7. The number of ether oxygens (including phenoxy) is 1. The van der Waals surface area contributed by atoms with Crippen LogP contribution in [-0.2, 0) is 4.79 Å². The van der Waals surface area contributed by atoms with Crippen LogP contribution in [0.4, 0.5) is 5.69 Å². The van der Waals surface area contributed by atoms with Gasteiger partial charge in [-0.2, -0.15) is 0 Å². The number of rotatable bonds is 7. The van der Waals surface area contributed by atoms with Crippen molar-refractivity contribution in [1.82, 2.24) is 9.97 Å². The normalized spacial score (nSPS) is 10.8. The molecule has 7 heteroatoms. The molecule has 1 aromatic heterocycles. The van der Waals surface area contributed by atoms with E-state index in [9.17, 15) is 4.79 Å². The number of benzene rings is 2. The highest BCUT2D eigenvalue weighted by molar-refractivity contribution is 7.99. The topological polar surface area (TPSA) is 67.0 Å². The maximum Gasteiger partial charge on any atom is 0.225 e. The molecule has 3 aromatic rings. The van der Waals surface area contributed by atoms with Crippen molar-refractivity contribution in [3.63, 3.8) is 0 Å². The van der Waals surface area contributed by atoms with Crippen molar-refractivity contribution in [2.75, 3.05) is 24.4 Å². The Labute approximate surface area is 154 Å². The van der Waals surface area contributed by atoms with Crippen molar-refractivity contribution in [1.29, 1.82) is 0 Å². The Morgan fingerprint density at radius 1 is 1.28 bits per heavy atom. The largest absolute Gasteiger partial charge is 0.497 e. The van der Waals surface area contributed by atoms with Gasteiger partial charge in [-0.05, 0) is 30.5 Å². The molecule has 2 aromatic carbocycles. The lowest BCUT2D eigenvalue weighted by Gasteiger charge is -2.08. The molecule has 0 aliphatic rings. The van der Waals surface area contributed by atoms with Crippen molar-refractivity contribution in [3.05, 3.63) is 42.5 Å². The molecule has 0 bridgehead atoms. The molecule has 25 heavy (non-hydrogen) atoms. The first-order valence-electron chi connectivity index (χ1n) is 7.79. The Bertz CT molecular complexity index is 880. The number of imidazole rings is 1. The van der Waals surface area contributed by atoms with Crippen LogP contribution in [0.15, 0.2) is 52.5 Å². The van der Waals surface area contributed by atoms with Crippen molar-refractivity contribution in [3.8, 4) is 5.75 Å². The number of carbonyl (C=O) groups excluding carboxylic acids is 1. The summed E-state index contributed by atoms with van der Waals surface area (Å²) in [6.45, 7) is 0. The lowest BCUT2D eigenvalue weighted by Crippen LogP contribution is -2.12. The Hall–Kier alpha value is -2.12. The summed E-state index contributed by atoms with van der Waals surface area (Å²) < 4.78 is 5.21. The molecule has 2 N–H and O–H groups in total. The zero-order chi connectivity index (χ0) is 17.6. The fourth-order valence-electron chi connectivity index (χ4n) is 2.36. The second-order valence-corrected chi connectivity index (χ2v) is 7.20. The SMILES string of the molecule is COc1ccc2nc(SCCC(=O)Nc3ccccc3SC)[nH]c2c1. The van der Waals surface area contributed by atoms with E-state index in [2.05, 4.69) is 15.3 Å². The van der Waals surface area contributed by atoms with E-state index >= 15 is 0 Å². The van der Waals surface area contributed by atoms with Gasteiger partial charge in [0.2, 0.25) is 5.91 Å². The number of aromatic amines is 1. The van der Waals surface area contributed by atoms with Gasteiger partial charge in [0.15, 0.2) is 5.16 Å². The number of amides is 1. The number of nitrogens with one attached hydrogen (secondary N) is 2. The van der Waals surface area contributed by atoms with Gasteiger partial charge < -0.3 is 15.0 Å². The van der Waals surface area contributed by atoms with Gasteiger partial charge in [-0.3, -0.25) is 4.79 Å². The van der Waals surface area contributed by atoms with Crippen LogP contribution >= 0.6 is 23.5 Å². The summed E-state index contributed by atoms with van der Waals surface area (Å²) in [7, 11) is 1.64. The van der Waals surface area contributed by atoms with Crippen LogP contribution < -0.4 is 10.1 Å². The second-order valence-electron chi connectivity index (χ2n) is 5.27. The fraction of sp³-hybridized carbons (Fsp3) is 0.222. The Kier molecular flexibility index (Phi) is 5.88. The van der Waals surface area contributed by atoms with E-state index in [-0.39, 0.29) is 5.91 Å². The molecule has 1 heterocycles. The molecule has 0 radical (unpaired) electrons. The summed E-state index contributed by atoms with van der Waals surface area (Å²) in [5, 5.41) is 3.78. The monoisotopic (exact) mass is 373 g/mol. The van der Waals surface area contributed by atoms with Crippen molar-refractivity contribution >= 4 is 46.2 Å². The van der Waals surface area contributed by atoms with E-state index in [0.29, 0.717) is 12.2 Å². The van der Waals surface area contributed by atoms with Gasteiger partial charge in [-0.1, -0.05) is 23.9 Å². The van der Waals surface area contributed by atoms with Gasteiger partial charge in [-0.25, -0.2) is 4.98 Å². The first-order valence-corrected chi connectivity index (χ1v) is 10.00. The Morgan fingerprint density at radius 2 is 2.12 bits per heavy atom. The molecule has 0 saturated heterocycles. The zero-order valence-electron chi connectivity index (χ0n) is 14.0. The predicted molar refractivity (Wildman–Crippen MR) is 105 cm³/mol. The lowest BCUT2D eigenvalue weighted by atomic mass is 10.3. The fourth-order valence-corrected chi connectivity index (χ4v) is 3.74. The molecule has 130 valence electrons. The summed E-state index contributed by atoms with van der Waals surface area (Å²) in [4.78, 5) is 21.0. The molecule has 1 amide bonds. The summed E-state index contributed by atoms with van der Waals surface area (Å²) in [6, 6.07) is 13.5. The number of hydrogen-bond acceptors (Lipinski definition) is 5. The smallest absolute Gasteiger partial charge is 0.225 e. The number of anilines is 1. The molecule has 5 nitrogen and oxygen atoms in total. The van der Waals surface area contributed by atoms with Gasteiger partial charge in [0.05, 0.1) is 23.8 Å². The average Bonchev–Trinajstić information content (AvgIpc) is 3.03. The van der Waals surface area contributed by atoms with E-state index in [1.54, 1.807) is 18.9 Å². The molecule has 0 aliphatic carbocycles. The van der Waals surface area contributed by atoms with Crippen LogP contribution in [-0.4, -0.2) is 35.0 Å².